The Labute approximate surface area is 101 Å². The minimum Gasteiger partial charge on any atom is -0.271 e. The van der Waals surface area contributed by atoms with Crippen LogP contribution in [0.4, 0.5) is 0 Å². The van der Waals surface area contributed by atoms with E-state index in [-0.39, 0.29) is 39.3 Å². The Morgan fingerprint density at radius 1 is 1.25 bits per heavy atom. The highest BCUT2D eigenvalue weighted by molar-refractivity contribution is 6.38. The maximum absolute atomic E-state index is 12.0. The van der Waals surface area contributed by atoms with Gasteiger partial charge in [-0.05, 0) is 18.9 Å². The first kappa shape index (κ1) is 10.1. The molecule has 0 aromatic carbocycles. The molecule has 0 radical (unpaired) electrons. The van der Waals surface area contributed by atoms with Crippen molar-refractivity contribution >= 4 is 35.0 Å². The minimum atomic E-state index is -0.350. The lowest BCUT2D eigenvalue weighted by Crippen LogP contribution is -2.31. The number of halogens is 2. The van der Waals surface area contributed by atoms with Crippen LogP contribution in [0, 0.1) is 0 Å². The van der Waals surface area contributed by atoms with Gasteiger partial charge in [-0.15, -0.1) is 0 Å². The Hall–Kier alpha value is -1.13. The Morgan fingerprint density at radius 3 is 2.56 bits per heavy atom. The zero-order chi connectivity index (χ0) is 11.4. The summed E-state index contributed by atoms with van der Waals surface area (Å²) in [6, 6.07) is 1.42. The highest BCUT2D eigenvalue weighted by Crippen LogP contribution is 2.37. The summed E-state index contributed by atoms with van der Waals surface area (Å²) in [5.41, 5.74) is 0.449. The maximum Gasteiger partial charge on any atom is 0.264 e. The van der Waals surface area contributed by atoms with E-state index in [4.69, 9.17) is 23.2 Å². The summed E-state index contributed by atoms with van der Waals surface area (Å²) in [6.07, 6.45) is 1.73. The van der Waals surface area contributed by atoms with Gasteiger partial charge in [-0.3, -0.25) is 14.5 Å². The zero-order valence-electron chi connectivity index (χ0n) is 8.04. The molecule has 0 unspecified atom stereocenters. The van der Waals surface area contributed by atoms with E-state index in [1.165, 1.54) is 11.0 Å². The van der Waals surface area contributed by atoms with Gasteiger partial charge < -0.3 is 0 Å². The van der Waals surface area contributed by atoms with Crippen LogP contribution in [0.25, 0.3) is 0 Å². The third-order valence-corrected chi connectivity index (χ3v) is 3.21. The van der Waals surface area contributed by atoms with Crippen LogP contribution in [0.5, 0.6) is 0 Å². The molecule has 1 saturated carbocycles. The lowest BCUT2D eigenvalue weighted by atomic mass is 10.2. The first-order valence-corrected chi connectivity index (χ1v) is 5.59. The Morgan fingerprint density at radius 2 is 1.94 bits per heavy atom. The number of amides is 2. The van der Waals surface area contributed by atoms with Crippen molar-refractivity contribution in [3.05, 3.63) is 27.5 Å². The quantitative estimate of drug-likeness (QED) is 0.572. The molecule has 4 nitrogen and oxygen atoms in total. The molecule has 1 aliphatic carbocycles. The summed E-state index contributed by atoms with van der Waals surface area (Å²) in [6.45, 7) is 0. The normalized spacial score (nSPS) is 19.2. The topological polar surface area (TPSA) is 50.3 Å². The number of imide groups is 1. The van der Waals surface area contributed by atoms with Crippen molar-refractivity contribution in [3.63, 3.8) is 0 Å². The number of carbonyl (C=O) groups is 2. The lowest BCUT2D eigenvalue weighted by molar-refractivity contribution is 0.0642. The number of aromatic nitrogens is 1. The van der Waals surface area contributed by atoms with Crippen molar-refractivity contribution in [2.45, 2.75) is 18.9 Å². The molecule has 0 saturated heterocycles. The largest absolute Gasteiger partial charge is 0.271 e. The van der Waals surface area contributed by atoms with Crippen molar-refractivity contribution in [1.29, 1.82) is 0 Å². The van der Waals surface area contributed by atoms with Gasteiger partial charge in [0.15, 0.2) is 0 Å². The van der Waals surface area contributed by atoms with Crippen LogP contribution in [-0.2, 0) is 0 Å². The SMILES string of the molecule is O=C1c2cc(Cl)nc(Cl)c2C(=O)N1C1CC1. The molecule has 2 heterocycles. The molecule has 2 aliphatic rings. The summed E-state index contributed by atoms with van der Waals surface area (Å²) in [5, 5.41) is 0.131. The van der Waals surface area contributed by atoms with E-state index in [1.807, 2.05) is 0 Å². The van der Waals surface area contributed by atoms with Gasteiger partial charge in [0.05, 0.1) is 11.1 Å². The van der Waals surface area contributed by atoms with E-state index in [2.05, 4.69) is 4.98 Å². The number of carbonyl (C=O) groups excluding carboxylic acids is 2. The smallest absolute Gasteiger partial charge is 0.264 e. The van der Waals surface area contributed by atoms with Crippen molar-refractivity contribution in [3.8, 4) is 0 Å². The van der Waals surface area contributed by atoms with Crippen LogP contribution in [-0.4, -0.2) is 27.7 Å². The molecular weight excluding hydrogens is 251 g/mol. The molecule has 0 N–H and O–H groups in total. The standard InChI is InChI=1S/C10H6Cl2N2O2/c11-6-3-5-7(8(12)13-6)10(16)14(9(5)15)4-1-2-4/h3-4H,1-2H2. The second kappa shape index (κ2) is 3.18. The molecule has 0 bridgehead atoms. The fraction of sp³-hybridized carbons (Fsp3) is 0.300. The number of hydrogen-bond donors (Lipinski definition) is 0. The summed E-state index contributed by atoms with van der Waals surface area (Å²) in [7, 11) is 0. The first-order valence-electron chi connectivity index (χ1n) is 4.83. The predicted molar refractivity (Wildman–Crippen MR) is 57.8 cm³/mol. The summed E-state index contributed by atoms with van der Waals surface area (Å²) >= 11 is 11.5. The summed E-state index contributed by atoms with van der Waals surface area (Å²) in [5.74, 6) is -0.662. The molecule has 1 fully saturated rings. The number of hydrogen-bond acceptors (Lipinski definition) is 3. The van der Waals surface area contributed by atoms with Crippen molar-refractivity contribution < 1.29 is 9.59 Å². The van der Waals surface area contributed by atoms with Crippen LogP contribution in [0.3, 0.4) is 0 Å². The molecule has 1 aliphatic heterocycles. The van der Waals surface area contributed by atoms with E-state index in [9.17, 15) is 9.59 Å². The molecule has 3 rings (SSSR count). The number of pyridine rings is 1. The third-order valence-electron chi connectivity index (χ3n) is 2.74. The van der Waals surface area contributed by atoms with Gasteiger partial charge in [0.25, 0.3) is 11.8 Å². The highest BCUT2D eigenvalue weighted by Gasteiger charge is 2.45. The second-order valence-electron chi connectivity index (χ2n) is 3.87. The van der Waals surface area contributed by atoms with Crippen LogP contribution < -0.4 is 0 Å². The van der Waals surface area contributed by atoms with E-state index in [0.717, 1.165) is 12.8 Å². The van der Waals surface area contributed by atoms with Gasteiger partial charge in [0, 0.05) is 6.04 Å². The molecule has 0 spiro atoms. The average molecular weight is 257 g/mol. The van der Waals surface area contributed by atoms with E-state index in [0.29, 0.717) is 0 Å². The first-order chi connectivity index (χ1) is 7.59. The maximum atomic E-state index is 12.0. The second-order valence-corrected chi connectivity index (χ2v) is 4.62. The van der Waals surface area contributed by atoms with Crippen molar-refractivity contribution in [2.75, 3.05) is 0 Å². The summed E-state index contributed by atoms with van der Waals surface area (Å²) in [4.78, 5) is 28.9. The van der Waals surface area contributed by atoms with Crippen LogP contribution >= 0.6 is 23.2 Å². The van der Waals surface area contributed by atoms with Gasteiger partial charge in [0.1, 0.15) is 10.3 Å². The van der Waals surface area contributed by atoms with Crippen molar-refractivity contribution in [1.82, 2.24) is 9.88 Å². The molecule has 2 amide bonds. The van der Waals surface area contributed by atoms with Gasteiger partial charge in [-0.1, -0.05) is 23.2 Å². The van der Waals surface area contributed by atoms with Gasteiger partial charge in [-0.2, -0.15) is 0 Å². The molecule has 1 aromatic heterocycles. The molecule has 0 atom stereocenters. The van der Waals surface area contributed by atoms with Gasteiger partial charge in [-0.25, -0.2) is 4.98 Å². The number of rotatable bonds is 1. The van der Waals surface area contributed by atoms with E-state index >= 15 is 0 Å². The molecule has 1 aromatic rings. The fourth-order valence-electron chi connectivity index (χ4n) is 1.86. The predicted octanol–water partition coefficient (Wildman–Crippen LogP) is 2.15. The van der Waals surface area contributed by atoms with Crippen LogP contribution in [0.15, 0.2) is 6.07 Å². The number of nitrogens with zero attached hydrogens (tertiary/aromatic N) is 2. The molecule has 16 heavy (non-hydrogen) atoms. The monoisotopic (exact) mass is 256 g/mol. The Balaban J connectivity index is 2.18. The third kappa shape index (κ3) is 1.26. The summed E-state index contributed by atoms with van der Waals surface area (Å²) < 4.78 is 0. The number of fused-ring (bicyclic) bond motifs is 1. The molecular formula is C10H6Cl2N2O2. The van der Waals surface area contributed by atoms with Crippen molar-refractivity contribution in [2.24, 2.45) is 0 Å². The Kier molecular flexibility index (Phi) is 2.00. The van der Waals surface area contributed by atoms with Crippen LogP contribution in [0.2, 0.25) is 10.3 Å². The van der Waals surface area contributed by atoms with Gasteiger partial charge in [0.2, 0.25) is 0 Å². The van der Waals surface area contributed by atoms with Gasteiger partial charge >= 0.3 is 0 Å². The Bertz CT molecular complexity index is 526. The zero-order valence-corrected chi connectivity index (χ0v) is 9.55. The van der Waals surface area contributed by atoms with Crippen LogP contribution in [0.1, 0.15) is 33.6 Å². The lowest BCUT2D eigenvalue weighted by Gasteiger charge is -2.11. The molecule has 82 valence electrons. The highest BCUT2D eigenvalue weighted by atomic mass is 35.5. The average Bonchev–Trinajstić information content (AvgIpc) is 2.97. The fourth-order valence-corrected chi connectivity index (χ4v) is 2.37. The minimum absolute atomic E-state index is 0.00370. The van der Waals surface area contributed by atoms with E-state index in [1.54, 1.807) is 0 Å². The van der Waals surface area contributed by atoms with E-state index < -0.39 is 0 Å². The molecule has 6 heteroatoms.